The molecule has 1 aliphatic rings. The van der Waals surface area contributed by atoms with Gasteiger partial charge in [0.05, 0.1) is 6.04 Å². The zero-order valence-electron chi connectivity index (χ0n) is 32.3. The quantitative estimate of drug-likeness (QED) is 0.135. The highest BCUT2D eigenvalue weighted by molar-refractivity contribution is 5.94. The van der Waals surface area contributed by atoms with E-state index in [1.54, 1.807) is 0 Å². The van der Waals surface area contributed by atoms with Crippen LogP contribution in [-0.2, 0) is 6.54 Å². The molecule has 0 aliphatic heterocycles. The summed E-state index contributed by atoms with van der Waals surface area (Å²) in [6, 6.07) is 38.4. The first-order valence-corrected chi connectivity index (χ1v) is 19.1. The van der Waals surface area contributed by atoms with Gasteiger partial charge in [0.2, 0.25) is 0 Å². The molecule has 0 bridgehead atoms. The molecular weight excluding hydrogens is 705 g/mol. The lowest BCUT2D eigenvalue weighted by Crippen LogP contribution is -2.44. The molecule has 0 saturated carbocycles. The SMILES string of the molecule is Cc1ccc(C(=O)N(CCCN(CC2c3ccccc3-c3ccccc32)C(=O)O)[C@@H](c2cc(-c3cc(F)ccc3F)cn2Cc2ccccc2)C(C)(C)C)cc1. The van der Waals surface area contributed by atoms with E-state index in [-0.39, 0.29) is 37.0 Å². The van der Waals surface area contributed by atoms with Gasteiger partial charge in [0.15, 0.2) is 0 Å². The second-order valence-corrected chi connectivity index (χ2v) is 15.8. The Morgan fingerprint density at radius 1 is 0.768 bits per heavy atom. The van der Waals surface area contributed by atoms with Crippen LogP contribution in [0.3, 0.4) is 0 Å². The molecule has 6 aromatic rings. The van der Waals surface area contributed by atoms with Gasteiger partial charge in [0.1, 0.15) is 11.6 Å². The van der Waals surface area contributed by atoms with Crippen molar-refractivity contribution in [2.45, 2.75) is 52.6 Å². The van der Waals surface area contributed by atoms with Crippen molar-refractivity contribution in [3.05, 3.63) is 179 Å². The summed E-state index contributed by atoms with van der Waals surface area (Å²) in [4.78, 5) is 31.0. The van der Waals surface area contributed by atoms with Crippen LogP contribution < -0.4 is 0 Å². The molecule has 1 aromatic heterocycles. The number of hydrogen-bond acceptors (Lipinski definition) is 2. The highest BCUT2D eigenvalue weighted by Gasteiger charge is 2.38. The van der Waals surface area contributed by atoms with Crippen LogP contribution in [0.25, 0.3) is 22.3 Å². The molecular formula is C48H47F2N3O3. The Balaban J connectivity index is 1.26. The van der Waals surface area contributed by atoms with E-state index in [1.807, 2.05) is 108 Å². The third kappa shape index (κ3) is 8.01. The lowest BCUT2D eigenvalue weighted by atomic mass is 9.82. The molecule has 0 unspecified atom stereocenters. The van der Waals surface area contributed by atoms with Gasteiger partial charge in [-0.2, -0.15) is 0 Å². The number of nitrogens with zero attached hydrogens (tertiary/aromatic N) is 3. The van der Waals surface area contributed by atoms with Gasteiger partial charge in [-0.3, -0.25) is 4.79 Å². The fraction of sp³-hybridized carbons (Fsp3) is 0.250. The lowest BCUT2D eigenvalue weighted by Gasteiger charge is -2.41. The average molecular weight is 752 g/mol. The van der Waals surface area contributed by atoms with E-state index in [0.29, 0.717) is 24.1 Å². The van der Waals surface area contributed by atoms with E-state index >= 15 is 4.39 Å². The van der Waals surface area contributed by atoms with E-state index < -0.39 is 29.2 Å². The minimum Gasteiger partial charge on any atom is -0.465 e. The van der Waals surface area contributed by atoms with Crippen molar-refractivity contribution in [1.29, 1.82) is 0 Å². The summed E-state index contributed by atoms with van der Waals surface area (Å²) in [5.41, 5.74) is 7.84. The maximum Gasteiger partial charge on any atom is 0.407 e. The van der Waals surface area contributed by atoms with Crippen molar-refractivity contribution < 1.29 is 23.5 Å². The largest absolute Gasteiger partial charge is 0.465 e. The first-order chi connectivity index (χ1) is 26.9. The molecule has 1 aliphatic carbocycles. The number of hydrogen-bond donors (Lipinski definition) is 1. The third-order valence-electron chi connectivity index (χ3n) is 10.8. The topological polar surface area (TPSA) is 65.8 Å². The molecule has 0 saturated heterocycles. The van der Waals surface area contributed by atoms with Crippen LogP contribution in [0.2, 0.25) is 0 Å². The van der Waals surface area contributed by atoms with Crippen molar-refractivity contribution in [2.24, 2.45) is 5.41 Å². The lowest BCUT2D eigenvalue weighted by molar-refractivity contribution is 0.0481. The van der Waals surface area contributed by atoms with Gasteiger partial charge in [-0.1, -0.05) is 117 Å². The van der Waals surface area contributed by atoms with Crippen molar-refractivity contribution in [1.82, 2.24) is 14.4 Å². The van der Waals surface area contributed by atoms with E-state index in [9.17, 15) is 19.1 Å². The fourth-order valence-corrected chi connectivity index (χ4v) is 8.20. The summed E-state index contributed by atoms with van der Waals surface area (Å²) in [5.74, 6) is -1.41. The smallest absolute Gasteiger partial charge is 0.407 e. The predicted molar refractivity (Wildman–Crippen MR) is 218 cm³/mol. The number of carbonyl (C=O) groups is 2. The molecule has 0 spiro atoms. The Hall–Kier alpha value is -6.02. The zero-order valence-corrected chi connectivity index (χ0v) is 32.3. The Morgan fingerprint density at radius 2 is 1.39 bits per heavy atom. The Kier molecular flexibility index (Phi) is 10.9. The van der Waals surface area contributed by atoms with Gasteiger partial charge in [0, 0.05) is 60.7 Å². The highest BCUT2D eigenvalue weighted by Crippen LogP contribution is 2.45. The van der Waals surface area contributed by atoms with Gasteiger partial charge < -0.3 is 19.5 Å². The van der Waals surface area contributed by atoms with E-state index in [2.05, 4.69) is 45.0 Å². The summed E-state index contributed by atoms with van der Waals surface area (Å²) < 4.78 is 31.9. The van der Waals surface area contributed by atoms with Crippen molar-refractivity contribution in [2.75, 3.05) is 19.6 Å². The normalized spacial score (nSPS) is 12.9. The maximum absolute atomic E-state index is 15.3. The van der Waals surface area contributed by atoms with Crippen LogP contribution in [0.5, 0.6) is 0 Å². The van der Waals surface area contributed by atoms with E-state index in [0.717, 1.165) is 51.2 Å². The summed E-state index contributed by atoms with van der Waals surface area (Å²) in [5, 5.41) is 10.5. The van der Waals surface area contributed by atoms with Crippen LogP contribution in [0.1, 0.15) is 77.5 Å². The Morgan fingerprint density at radius 3 is 2.02 bits per heavy atom. The first kappa shape index (κ1) is 38.3. The number of benzene rings is 5. The summed E-state index contributed by atoms with van der Waals surface area (Å²) in [6.07, 6.45) is 1.18. The summed E-state index contributed by atoms with van der Waals surface area (Å²) in [6.45, 7) is 9.32. The summed E-state index contributed by atoms with van der Waals surface area (Å²) >= 11 is 0. The van der Waals surface area contributed by atoms with Crippen molar-refractivity contribution in [3.8, 4) is 22.3 Å². The van der Waals surface area contributed by atoms with Crippen LogP contribution in [-0.4, -0.2) is 51.1 Å². The molecule has 8 heteroatoms. The molecule has 7 rings (SSSR count). The molecule has 0 radical (unpaired) electrons. The number of rotatable bonds is 12. The highest BCUT2D eigenvalue weighted by atomic mass is 19.1. The number of carbonyl (C=O) groups excluding carboxylic acids is 1. The van der Waals surface area contributed by atoms with Gasteiger partial charge in [-0.05, 0) is 83.0 Å². The van der Waals surface area contributed by atoms with Crippen LogP contribution in [0.4, 0.5) is 13.6 Å². The predicted octanol–water partition coefficient (Wildman–Crippen LogP) is 11.2. The molecule has 1 atom stereocenters. The third-order valence-corrected chi connectivity index (χ3v) is 10.8. The van der Waals surface area contributed by atoms with Crippen LogP contribution >= 0.6 is 0 Å². The molecule has 2 amide bonds. The molecule has 0 fully saturated rings. The number of carboxylic acid groups (broad SMARTS) is 1. The first-order valence-electron chi connectivity index (χ1n) is 19.1. The number of halogens is 2. The van der Waals surface area contributed by atoms with E-state index in [4.69, 9.17) is 0 Å². The minimum absolute atomic E-state index is 0.117. The number of amides is 2. The maximum atomic E-state index is 15.3. The number of aryl methyl sites for hydroxylation is 1. The minimum atomic E-state index is -1.02. The van der Waals surface area contributed by atoms with Gasteiger partial charge in [0.25, 0.3) is 5.91 Å². The van der Waals surface area contributed by atoms with Crippen molar-refractivity contribution in [3.63, 3.8) is 0 Å². The molecule has 6 nitrogen and oxygen atoms in total. The molecule has 1 N–H and O–H groups in total. The molecule has 5 aromatic carbocycles. The van der Waals surface area contributed by atoms with Gasteiger partial charge >= 0.3 is 6.09 Å². The van der Waals surface area contributed by atoms with Crippen molar-refractivity contribution >= 4 is 12.0 Å². The van der Waals surface area contributed by atoms with Crippen LogP contribution in [0.15, 0.2) is 134 Å². The van der Waals surface area contributed by atoms with E-state index in [1.165, 1.54) is 11.0 Å². The number of fused-ring (bicyclic) bond motifs is 3. The van der Waals surface area contributed by atoms with Crippen LogP contribution in [0, 0.1) is 24.0 Å². The standard InChI is InChI=1S/C48H47F2N3O3/c1-32-19-21-34(22-20-32)46(54)53(26-12-25-51(47(55)56)31-42-39-17-10-8-15-37(39)38-16-9-11-18-40(38)42)45(48(2,3)4)44-27-35(41-28-36(49)23-24-43(41)50)30-52(44)29-33-13-6-5-7-14-33/h5-11,13-24,27-28,30,42,45H,12,25-26,29,31H2,1-4H3,(H,55,56)/t45-/m0/s1. The zero-order chi connectivity index (χ0) is 39.6. The molecule has 56 heavy (non-hydrogen) atoms. The molecule has 1 heterocycles. The average Bonchev–Trinajstić information content (AvgIpc) is 3.73. The van der Waals surface area contributed by atoms with Gasteiger partial charge in [-0.25, -0.2) is 13.6 Å². The molecule has 286 valence electrons. The Bertz CT molecular complexity index is 2300. The Labute approximate surface area is 327 Å². The fourth-order valence-electron chi connectivity index (χ4n) is 8.20. The number of aromatic nitrogens is 1. The van der Waals surface area contributed by atoms with Gasteiger partial charge in [-0.15, -0.1) is 0 Å². The second kappa shape index (κ2) is 16.0. The second-order valence-electron chi connectivity index (χ2n) is 15.8. The monoisotopic (exact) mass is 751 g/mol. The summed E-state index contributed by atoms with van der Waals surface area (Å²) in [7, 11) is 0.